The molecule has 0 bridgehead atoms. The molecule has 146 valence electrons. The summed E-state index contributed by atoms with van der Waals surface area (Å²) in [6, 6.07) is 8.79. The van der Waals surface area contributed by atoms with Crippen molar-refractivity contribution in [2.75, 3.05) is 7.11 Å². The van der Waals surface area contributed by atoms with Crippen LogP contribution >= 0.6 is 23.2 Å². The molecule has 1 heterocycles. The molecule has 0 radical (unpaired) electrons. The van der Waals surface area contributed by atoms with Crippen molar-refractivity contribution in [2.45, 2.75) is 12.7 Å². The number of benzene rings is 2. The zero-order valence-corrected chi connectivity index (χ0v) is 15.8. The van der Waals surface area contributed by atoms with Gasteiger partial charge in [-0.1, -0.05) is 35.3 Å². The number of ketones is 1. The molecule has 0 atom stereocenters. The van der Waals surface area contributed by atoms with Crippen LogP contribution in [0, 0.1) is 0 Å². The average molecular weight is 430 g/mol. The van der Waals surface area contributed by atoms with E-state index < -0.39 is 23.5 Å². The summed E-state index contributed by atoms with van der Waals surface area (Å²) < 4.78 is 45.1. The standard InChI is InChI=1S/C19H12Cl2F3NO3/c1-28-18(27)11-3-4-12-13(17(26)19(22,23)24)9-25(16(12)7-11)8-10-2-5-14(20)15(21)6-10/h2-7,9H,8H2,1H3. The van der Waals surface area contributed by atoms with Crippen molar-refractivity contribution in [1.29, 1.82) is 0 Å². The molecule has 0 saturated carbocycles. The number of halogens is 5. The summed E-state index contributed by atoms with van der Waals surface area (Å²) in [6.07, 6.45) is -3.91. The maximum absolute atomic E-state index is 13.0. The van der Waals surface area contributed by atoms with E-state index in [4.69, 9.17) is 23.2 Å². The Kier molecular flexibility index (Phi) is 5.41. The van der Waals surface area contributed by atoms with E-state index in [1.807, 2.05) is 0 Å². The molecular weight excluding hydrogens is 418 g/mol. The highest BCUT2D eigenvalue weighted by atomic mass is 35.5. The zero-order valence-electron chi connectivity index (χ0n) is 14.3. The van der Waals surface area contributed by atoms with E-state index in [0.29, 0.717) is 10.6 Å². The van der Waals surface area contributed by atoms with Gasteiger partial charge in [0.1, 0.15) is 0 Å². The Labute approximate surface area is 167 Å². The summed E-state index contributed by atoms with van der Waals surface area (Å²) in [5.74, 6) is -2.61. The van der Waals surface area contributed by atoms with Crippen LogP contribution in [0.3, 0.4) is 0 Å². The summed E-state index contributed by atoms with van der Waals surface area (Å²) in [5, 5.41) is 0.705. The number of fused-ring (bicyclic) bond motifs is 1. The van der Waals surface area contributed by atoms with Crippen LogP contribution in [0.2, 0.25) is 10.0 Å². The Morgan fingerprint density at radius 2 is 1.79 bits per heavy atom. The minimum atomic E-state index is -5.02. The van der Waals surface area contributed by atoms with E-state index in [9.17, 15) is 22.8 Å². The molecule has 3 aromatic rings. The number of ether oxygens (including phenoxy) is 1. The van der Waals surface area contributed by atoms with E-state index in [1.165, 1.54) is 29.9 Å². The van der Waals surface area contributed by atoms with Crippen LogP contribution in [0.5, 0.6) is 0 Å². The van der Waals surface area contributed by atoms with Gasteiger partial charge < -0.3 is 9.30 Å². The summed E-state index contributed by atoms with van der Waals surface area (Å²) in [5.41, 5.74) is 0.579. The molecule has 0 aliphatic heterocycles. The first-order valence-corrected chi connectivity index (χ1v) is 8.64. The second-order valence-electron chi connectivity index (χ2n) is 5.97. The Balaban J connectivity index is 2.17. The number of methoxy groups -OCH3 is 1. The fourth-order valence-electron chi connectivity index (χ4n) is 2.84. The highest BCUT2D eigenvalue weighted by molar-refractivity contribution is 6.42. The van der Waals surface area contributed by atoms with Gasteiger partial charge in [0.15, 0.2) is 0 Å². The molecule has 0 aliphatic rings. The van der Waals surface area contributed by atoms with Crippen LogP contribution in [0.4, 0.5) is 13.2 Å². The second-order valence-corrected chi connectivity index (χ2v) is 6.78. The molecule has 0 saturated heterocycles. The van der Waals surface area contributed by atoms with E-state index in [1.54, 1.807) is 18.2 Å². The van der Waals surface area contributed by atoms with Gasteiger partial charge in [0.2, 0.25) is 0 Å². The fourth-order valence-corrected chi connectivity index (χ4v) is 3.16. The van der Waals surface area contributed by atoms with Crippen LogP contribution in [0.15, 0.2) is 42.6 Å². The van der Waals surface area contributed by atoms with Crippen molar-refractivity contribution in [2.24, 2.45) is 0 Å². The molecule has 2 aromatic carbocycles. The minimum absolute atomic E-state index is 0.0787. The van der Waals surface area contributed by atoms with Gasteiger partial charge >= 0.3 is 12.1 Å². The molecule has 28 heavy (non-hydrogen) atoms. The number of Topliss-reactive ketones (excluding diaryl/α,β-unsaturated/α-hetero) is 1. The molecule has 1 aromatic heterocycles. The molecule has 0 aliphatic carbocycles. The molecule has 0 fully saturated rings. The average Bonchev–Trinajstić information content (AvgIpc) is 3.00. The third-order valence-corrected chi connectivity index (χ3v) is 4.88. The molecular formula is C19H12Cl2F3NO3. The van der Waals surface area contributed by atoms with Gasteiger partial charge in [0.05, 0.1) is 28.3 Å². The van der Waals surface area contributed by atoms with E-state index in [-0.39, 0.29) is 28.0 Å². The number of carbonyl (C=O) groups excluding carboxylic acids is 2. The maximum Gasteiger partial charge on any atom is 0.454 e. The van der Waals surface area contributed by atoms with E-state index >= 15 is 0 Å². The van der Waals surface area contributed by atoms with Crippen LogP contribution in [0.25, 0.3) is 10.9 Å². The first kappa shape index (κ1) is 20.2. The monoisotopic (exact) mass is 429 g/mol. The SMILES string of the molecule is COC(=O)c1ccc2c(C(=O)C(F)(F)F)cn(Cc3ccc(Cl)c(Cl)c3)c2c1. The number of nitrogens with zero attached hydrogens (tertiary/aromatic N) is 1. The van der Waals surface area contributed by atoms with Gasteiger partial charge in [-0.3, -0.25) is 4.79 Å². The van der Waals surface area contributed by atoms with Crippen LogP contribution < -0.4 is 0 Å². The largest absolute Gasteiger partial charge is 0.465 e. The third-order valence-electron chi connectivity index (χ3n) is 4.14. The minimum Gasteiger partial charge on any atom is -0.465 e. The molecule has 3 rings (SSSR count). The Hall–Kier alpha value is -2.51. The molecule has 0 amide bonds. The van der Waals surface area contributed by atoms with Gasteiger partial charge in [-0.2, -0.15) is 13.2 Å². The van der Waals surface area contributed by atoms with Gasteiger partial charge in [0.25, 0.3) is 5.78 Å². The maximum atomic E-state index is 13.0. The molecule has 0 N–H and O–H groups in total. The lowest BCUT2D eigenvalue weighted by molar-refractivity contribution is -0.0884. The smallest absolute Gasteiger partial charge is 0.454 e. The van der Waals surface area contributed by atoms with Crippen LogP contribution in [0.1, 0.15) is 26.3 Å². The van der Waals surface area contributed by atoms with Crippen LogP contribution in [-0.2, 0) is 11.3 Å². The summed E-state index contributed by atoms with van der Waals surface area (Å²) in [7, 11) is 1.19. The lowest BCUT2D eigenvalue weighted by atomic mass is 10.1. The van der Waals surface area contributed by atoms with Gasteiger partial charge in [-0.15, -0.1) is 0 Å². The number of carbonyl (C=O) groups is 2. The highest BCUT2D eigenvalue weighted by Crippen LogP contribution is 2.31. The summed E-state index contributed by atoms with van der Waals surface area (Å²) >= 11 is 11.9. The van der Waals surface area contributed by atoms with Crippen molar-refractivity contribution in [1.82, 2.24) is 4.57 Å². The first-order chi connectivity index (χ1) is 13.1. The second kappa shape index (κ2) is 7.48. The normalized spacial score (nSPS) is 11.6. The number of rotatable bonds is 4. The fraction of sp³-hybridized carbons (Fsp3) is 0.158. The lowest BCUT2D eigenvalue weighted by Gasteiger charge is -2.08. The van der Waals surface area contributed by atoms with Crippen molar-refractivity contribution >= 4 is 45.9 Å². The Morgan fingerprint density at radius 1 is 1.07 bits per heavy atom. The van der Waals surface area contributed by atoms with E-state index in [2.05, 4.69) is 4.74 Å². The first-order valence-electron chi connectivity index (χ1n) is 7.88. The van der Waals surface area contributed by atoms with Gasteiger partial charge in [-0.05, 0) is 29.8 Å². The Morgan fingerprint density at radius 3 is 2.39 bits per heavy atom. The van der Waals surface area contributed by atoms with Gasteiger partial charge in [-0.25, -0.2) is 4.79 Å². The zero-order chi connectivity index (χ0) is 20.6. The predicted octanol–water partition coefficient (Wildman–Crippen LogP) is 5.53. The molecule has 0 unspecified atom stereocenters. The third kappa shape index (κ3) is 3.86. The quantitative estimate of drug-likeness (QED) is 0.404. The van der Waals surface area contributed by atoms with Gasteiger partial charge in [0, 0.05) is 23.6 Å². The van der Waals surface area contributed by atoms with Crippen molar-refractivity contribution in [3.05, 3.63) is 69.3 Å². The number of aromatic nitrogens is 1. The lowest BCUT2D eigenvalue weighted by Crippen LogP contribution is -2.22. The number of alkyl halides is 3. The van der Waals surface area contributed by atoms with E-state index in [0.717, 1.165) is 6.20 Å². The van der Waals surface area contributed by atoms with Crippen molar-refractivity contribution in [3.8, 4) is 0 Å². The topological polar surface area (TPSA) is 48.3 Å². The van der Waals surface area contributed by atoms with Crippen molar-refractivity contribution in [3.63, 3.8) is 0 Å². The van der Waals surface area contributed by atoms with Crippen LogP contribution in [-0.4, -0.2) is 29.6 Å². The Bertz CT molecular complexity index is 1090. The number of hydrogen-bond donors (Lipinski definition) is 0. The summed E-state index contributed by atoms with van der Waals surface area (Å²) in [4.78, 5) is 23.6. The molecule has 0 spiro atoms. The van der Waals surface area contributed by atoms with Crippen molar-refractivity contribution < 1.29 is 27.5 Å². The summed E-state index contributed by atoms with van der Waals surface area (Å²) in [6.45, 7) is 0.114. The highest BCUT2D eigenvalue weighted by Gasteiger charge is 2.40. The number of esters is 1. The number of hydrogen-bond acceptors (Lipinski definition) is 3. The predicted molar refractivity (Wildman–Crippen MR) is 99.2 cm³/mol. The molecule has 4 nitrogen and oxygen atoms in total. The molecule has 9 heteroatoms.